The van der Waals surface area contributed by atoms with Gasteiger partial charge in [-0.1, -0.05) is 13.8 Å². The Labute approximate surface area is 148 Å². The predicted octanol–water partition coefficient (Wildman–Crippen LogP) is 3.68. The van der Waals surface area contributed by atoms with Gasteiger partial charge in [0.2, 0.25) is 0 Å². The van der Waals surface area contributed by atoms with Gasteiger partial charge >= 0.3 is 0 Å². The number of rotatable bonds is 5. The average molecular weight is 342 g/mol. The normalized spacial score (nSPS) is 15.4. The quantitative estimate of drug-likeness (QED) is 0.774. The lowest BCUT2D eigenvalue weighted by molar-refractivity contribution is 0.0904. The second-order valence-corrected chi connectivity index (χ2v) is 6.83. The molecule has 0 saturated carbocycles. The average Bonchev–Trinajstić information content (AvgIpc) is 2.99. The van der Waals surface area contributed by atoms with E-state index in [0.29, 0.717) is 11.6 Å². The molecule has 1 fully saturated rings. The third-order valence-electron chi connectivity index (χ3n) is 4.48. The van der Waals surface area contributed by atoms with Crippen LogP contribution in [0.2, 0.25) is 0 Å². The smallest absolute Gasteiger partial charge is 0.259 e. The van der Waals surface area contributed by atoms with Crippen molar-refractivity contribution in [3.63, 3.8) is 0 Å². The maximum atomic E-state index is 12.6. The van der Waals surface area contributed by atoms with Gasteiger partial charge in [-0.25, -0.2) is 0 Å². The van der Waals surface area contributed by atoms with Gasteiger partial charge < -0.3 is 15.4 Å². The number of benzene rings is 1. The maximum absolute atomic E-state index is 12.6. The van der Waals surface area contributed by atoms with Crippen molar-refractivity contribution in [2.24, 2.45) is 0 Å². The summed E-state index contributed by atoms with van der Waals surface area (Å²) in [7, 11) is 0. The van der Waals surface area contributed by atoms with Crippen molar-refractivity contribution in [1.82, 2.24) is 10.2 Å². The maximum Gasteiger partial charge on any atom is 0.259 e. The highest BCUT2D eigenvalue weighted by molar-refractivity contribution is 6.06. The number of nitrogens with one attached hydrogen (secondary N) is 3. The summed E-state index contributed by atoms with van der Waals surface area (Å²) < 4.78 is 5.38. The Morgan fingerprint density at radius 1 is 1.20 bits per heavy atom. The number of anilines is 2. The SMILES string of the molecule is Cc1[nH]nc(C(C)C)c1C(=O)Nc1ccc(NC2CCOCC2)cc1. The number of nitrogens with zero attached hydrogens (tertiary/aromatic N) is 1. The van der Waals surface area contributed by atoms with Gasteiger partial charge in [0, 0.05) is 36.3 Å². The van der Waals surface area contributed by atoms with Crippen molar-refractivity contribution in [3.05, 3.63) is 41.2 Å². The summed E-state index contributed by atoms with van der Waals surface area (Å²) in [5.74, 6) is 0.0665. The van der Waals surface area contributed by atoms with Crippen molar-refractivity contribution in [1.29, 1.82) is 0 Å². The first kappa shape index (κ1) is 17.5. The van der Waals surface area contributed by atoms with Crippen LogP contribution in [0.3, 0.4) is 0 Å². The molecule has 0 atom stereocenters. The number of amides is 1. The zero-order valence-electron chi connectivity index (χ0n) is 15.1. The molecule has 6 heteroatoms. The van der Waals surface area contributed by atoms with Crippen LogP contribution >= 0.6 is 0 Å². The van der Waals surface area contributed by atoms with E-state index in [2.05, 4.69) is 20.8 Å². The molecule has 3 N–H and O–H groups in total. The second kappa shape index (κ2) is 7.70. The Kier molecular flexibility index (Phi) is 5.38. The van der Waals surface area contributed by atoms with E-state index in [1.54, 1.807) is 0 Å². The highest BCUT2D eigenvalue weighted by Gasteiger charge is 2.20. The zero-order chi connectivity index (χ0) is 17.8. The first-order valence-electron chi connectivity index (χ1n) is 8.85. The molecule has 25 heavy (non-hydrogen) atoms. The second-order valence-electron chi connectivity index (χ2n) is 6.83. The summed E-state index contributed by atoms with van der Waals surface area (Å²) >= 11 is 0. The minimum absolute atomic E-state index is 0.125. The minimum atomic E-state index is -0.125. The van der Waals surface area contributed by atoms with Crippen LogP contribution in [0.5, 0.6) is 0 Å². The summed E-state index contributed by atoms with van der Waals surface area (Å²) in [6.07, 6.45) is 2.05. The van der Waals surface area contributed by atoms with E-state index in [1.165, 1.54) is 0 Å². The lowest BCUT2D eigenvalue weighted by atomic mass is 10.0. The van der Waals surface area contributed by atoms with E-state index in [1.807, 2.05) is 45.0 Å². The fraction of sp³-hybridized carbons (Fsp3) is 0.474. The number of aromatic nitrogens is 2. The molecule has 1 aromatic carbocycles. The summed E-state index contributed by atoms with van der Waals surface area (Å²) in [5, 5.41) is 13.6. The fourth-order valence-corrected chi connectivity index (χ4v) is 3.07. The Morgan fingerprint density at radius 2 is 1.84 bits per heavy atom. The van der Waals surface area contributed by atoms with Crippen LogP contribution in [-0.4, -0.2) is 35.4 Å². The third kappa shape index (κ3) is 4.20. The third-order valence-corrected chi connectivity index (χ3v) is 4.48. The Bertz CT molecular complexity index is 716. The first-order valence-corrected chi connectivity index (χ1v) is 8.85. The number of H-pyrrole nitrogens is 1. The molecule has 1 amide bonds. The Balaban J connectivity index is 1.65. The molecule has 1 saturated heterocycles. The summed E-state index contributed by atoms with van der Waals surface area (Å²) in [4.78, 5) is 12.6. The summed E-state index contributed by atoms with van der Waals surface area (Å²) in [5.41, 5.74) is 4.07. The van der Waals surface area contributed by atoms with Crippen molar-refractivity contribution in [3.8, 4) is 0 Å². The van der Waals surface area contributed by atoms with Gasteiger partial charge in [0.25, 0.3) is 5.91 Å². The van der Waals surface area contributed by atoms with Crippen molar-refractivity contribution >= 4 is 17.3 Å². The summed E-state index contributed by atoms with van der Waals surface area (Å²) in [6.45, 7) is 7.56. The first-order chi connectivity index (χ1) is 12.0. The standard InChI is InChI=1S/C19H26N4O2/c1-12(2)18-17(13(3)22-23-18)19(24)21-15-6-4-14(5-7-15)20-16-8-10-25-11-9-16/h4-7,12,16,20H,8-11H2,1-3H3,(H,21,24)(H,22,23). The van der Waals surface area contributed by atoms with Crippen LogP contribution in [0.4, 0.5) is 11.4 Å². The van der Waals surface area contributed by atoms with Crippen LogP contribution in [0.25, 0.3) is 0 Å². The van der Waals surface area contributed by atoms with Gasteiger partial charge in [0.05, 0.1) is 11.3 Å². The zero-order valence-corrected chi connectivity index (χ0v) is 15.1. The number of carbonyl (C=O) groups is 1. The van der Waals surface area contributed by atoms with Crippen LogP contribution in [0, 0.1) is 6.92 Å². The molecular formula is C19H26N4O2. The molecule has 0 bridgehead atoms. The highest BCUT2D eigenvalue weighted by atomic mass is 16.5. The van der Waals surface area contributed by atoms with Gasteiger partial charge in [0.1, 0.15) is 0 Å². The van der Waals surface area contributed by atoms with Gasteiger partial charge in [0.15, 0.2) is 0 Å². The molecule has 1 aliphatic rings. The van der Waals surface area contributed by atoms with Crippen LogP contribution in [0.15, 0.2) is 24.3 Å². The van der Waals surface area contributed by atoms with Gasteiger partial charge in [-0.15, -0.1) is 0 Å². The van der Waals surface area contributed by atoms with E-state index in [4.69, 9.17) is 4.74 Å². The van der Waals surface area contributed by atoms with Gasteiger partial charge in [-0.3, -0.25) is 9.89 Å². The number of aromatic amines is 1. The largest absolute Gasteiger partial charge is 0.382 e. The monoisotopic (exact) mass is 342 g/mol. The van der Waals surface area contributed by atoms with Crippen LogP contribution in [-0.2, 0) is 4.74 Å². The molecule has 2 aromatic rings. The molecule has 6 nitrogen and oxygen atoms in total. The van der Waals surface area contributed by atoms with Crippen molar-refractivity contribution < 1.29 is 9.53 Å². The molecule has 2 heterocycles. The van der Waals surface area contributed by atoms with Gasteiger partial charge in [-0.2, -0.15) is 5.10 Å². The molecule has 0 unspecified atom stereocenters. The minimum Gasteiger partial charge on any atom is -0.382 e. The highest BCUT2D eigenvalue weighted by Crippen LogP contribution is 2.22. The van der Waals surface area contributed by atoms with E-state index < -0.39 is 0 Å². The van der Waals surface area contributed by atoms with Gasteiger partial charge in [-0.05, 0) is 49.9 Å². The number of hydrogen-bond donors (Lipinski definition) is 3. The topological polar surface area (TPSA) is 79.0 Å². The molecule has 1 aromatic heterocycles. The van der Waals surface area contributed by atoms with Crippen LogP contribution < -0.4 is 10.6 Å². The molecule has 3 rings (SSSR count). The molecular weight excluding hydrogens is 316 g/mol. The van der Waals surface area contributed by atoms with E-state index in [-0.39, 0.29) is 11.8 Å². The molecule has 134 valence electrons. The number of hydrogen-bond acceptors (Lipinski definition) is 4. The Hall–Kier alpha value is -2.34. The fourth-order valence-electron chi connectivity index (χ4n) is 3.07. The lowest BCUT2D eigenvalue weighted by Crippen LogP contribution is -2.27. The molecule has 0 aliphatic carbocycles. The van der Waals surface area contributed by atoms with E-state index in [9.17, 15) is 4.79 Å². The Morgan fingerprint density at radius 3 is 2.48 bits per heavy atom. The predicted molar refractivity (Wildman–Crippen MR) is 99.3 cm³/mol. The van der Waals surface area contributed by atoms with Crippen molar-refractivity contribution in [2.75, 3.05) is 23.8 Å². The number of aryl methyl sites for hydroxylation is 1. The lowest BCUT2D eigenvalue weighted by Gasteiger charge is -2.24. The molecule has 0 spiro atoms. The number of carbonyl (C=O) groups excluding carboxylic acids is 1. The van der Waals surface area contributed by atoms with Crippen LogP contribution in [0.1, 0.15) is 54.4 Å². The number of ether oxygens (including phenoxy) is 1. The van der Waals surface area contributed by atoms with E-state index in [0.717, 1.165) is 48.8 Å². The summed E-state index contributed by atoms with van der Waals surface area (Å²) in [6, 6.07) is 8.29. The molecule has 0 radical (unpaired) electrons. The van der Waals surface area contributed by atoms with Crippen molar-refractivity contribution in [2.45, 2.75) is 45.6 Å². The molecule has 1 aliphatic heterocycles. The van der Waals surface area contributed by atoms with E-state index >= 15 is 0 Å².